The maximum absolute atomic E-state index is 12.2. The molecule has 3 rings (SSSR count). The third kappa shape index (κ3) is 5.06. The molecule has 0 saturated carbocycles. The maximum Gasteiger partial charge on any atom is 0.251 e. The Balaban J connectivity index is 1.52. The van der Waals surface area contributed by atoms with E-state index in [0.717, 1.165) is 17.0 Å². The highest BCUT2D eigenvalue weighted by Crippen LogP contribution is 2.17. The molecule has 0 fully saturated rings. The molecule has 0 atom stereocenters. The number of halogens is 1. The summed E-state index contributed by atoms with van der Waals surface area (Å²) >= 11 is 5.84. The number of nitrogens with zero attached hydrogens (tertiary/aromatic N) is 1. The predicted octanol–water partition coefficient (Wildman–Crippen LogP) is 4.24. The largest absolute Gasteiger partial charge is 0.489 e. The van der Waals surface area contributed by atoms with E-state index < -0.39 is 0 Å². The van der Waals surface area contributed by atoms with Crippen LogP contribution in [0.15, 0.2) is 72.9 Å². The summed E-state index contributed by atoms with van der Waals surface area (Å²) in [4.78, 5) is 16.3. The average molecular weight is 353 g/mol. The molecule has 0 radical (unpaired) electrons. The van der Waals surface area contributed by atoms with Crippen LogP contribution in [0.3, 0.4) is 0 Å². The highest BCUT2D eigenvalue weighted by Gasteiger charge is 2.06. The summed E-state index contributed by atoms with van der Waals surface area (Å²) in [5, 5.41) is 3.53. The molecule has 0 bridgehead atoms. The fraction of sp³-hybridized carbons (Fsp3) is 0.100. The van der Waals surface area contributed by atoms with Gasteiger partial charge in [-0.25, -0.2) is 0 Å². The van der Waals surface area contributed by atoms with E-state index in [-0.39, 0.29) is 5.91 Å². The van der Waals surface area contributed by atoms with Crippen LogP contribution in [0.25, 0.3) is 0 Å². The molecule has 2 aromatic carbocycles. The van der Waals surface area contributed by atoms with Crippen molar-refractivity contribution in [1.82, 2.24) is 10.3 Å². The van der Waals surface area contributed by atoms with Crippen LogP contribution in [0.4, 0.5) is 0 Å². The second kappa shape index (κ2) is 8.31. The number of hydrogen-bond donors (Lipinski definition) is 1. The Labute approximate surface area is 151 Å². The van der Waals surface area contributed by atoms with Crippen LogP contribution in [0.1, 0.15) is 21.6 Å². The van der Waals surface area contributed by atoms with Gasteiger partial charge in [0.25, 0.3) is 5.91 Å². The maximum atomic E-state index is 12.2. The van der Waals surface area contributed by atoms with E-state index in [9.17, 15) is 4.79 Å². The molecule has 0 aliphatic carbocycles. The summed E-state index contributed by atoms with van der Waals surface area (Å²) in [6.45, 7) is 0.832. The Bertz CT molecular complexity index is 819. The summed E-state index contributed by atoms with van der Waals surface area (Å²) in [6, 6.07) is 20.2. The molecule has 25 heavy (non-hydrogen) atoms. The van der Waals surface area contributed by atoms with Gasteiger partial charge in [0.05, 0.1) is 12.2 Å². The van der Waals surface area contributed by atoms with Gasteiger partial charge < -0.3 is 10.1 Å². The van der Waals surface area contributed by atoms with E-state index in [2.05, 4.69) is 10.3 Å². The van der Waals surface area contributed by atoms with Crippen molar-refractivity contribution in [2.45, 2.75) is 13.2 Å². The van der Waals surface area contributed by atoms with E-state index in [1.807, 2.05) is 42.5 Å². The molecular formula is C20H17ClN2O2. The fourth-order valence-electron chi connectivity index (χ4n) is 2.23. The lowest BCUT2D eigenvalue weighted by Crippen LogP contribution is -2.23. The van der Waals surface area contributed by atoms with Crippen LogP contribution >= 0.6 is 11.6 Å². The van der Waals surface area contributed by atoms with Crippen LogP contribution < -0.4 is 10.1 Å². The first-order valence-corrected chi connectivity index (χ1v) is 8.24. The van der Waals surface area contributed by atoms with Crippen molar-refractivity contribution in [3.05, 3.63) is 94.8 Å². The molecule has 126 valence electrons. The number of carbonyl (C=O) groups is 1. The first-order chi connectivity index (χ1) is 12.2. The normalized spacial score (nSPS) is 10.3. The van der Waals surface area contributed by atoms with Crippen molar-refractivity contribution in [3.8, 4) is 5.75 Å². The van der Waals surface area contributed by atoms with Crippen molar-refractivity contribution in [2.75, 3.05) is 0 Å². The molecule has 0 unspecified atom stereocenters. The van der Waals surface area contributed by atoms with Gasteiger partial charge in [-0.2, -0.15) is 0 Å². The number of benzene rings is 2. The SMILES string of the molecule is O=C(NCc1ccccn1)c1ccc(COc2ccc(Cl)cc2)cc1. The minimum absolute atomic E-state index is 0.129. The summed E-state index contributed by atoms with van der Waals surface area (Å²) in [5.41, 5.74) is 2.41. The van der Waals surface area contributed by atoms with Crippen molar-refractivity contribution in [3.63, 3.8) is 0 Å². The van der Waals surface area contributed by atoms with E-state index in [0.29, 0.717) is 23.7 Å². The van der Waals surface area contributed by atoms with Gasteiger partial charge in [0, 0.05) is 16.8 Å². The number of aromatic nitrogens is 1. The Morgan fingerprint density at radius 2 is 1.76 bits per heavy atom. The second-order valence-corrected chi connectivity index (χ2v) is 5.88. The number of ether oxygens (including phenoxy) is 1. The third-order valence-corrected chi connectivity index (χ3v) is 3.84. The monoisotopic (exact) mass is 352 g/mol. The van der Waals surface area contributed by atoms with Crippen LogP contribution in [-0.2, 0) is 13.2 Å². The van der Waals surface area contributed by atoms with Crippen LogP contribution in [-0.4, -0.2) is 10.9 Å². The van der Waals surface area contributed by atoms with Crippen molar-refractivity contribution >= 4 is 17.5 Å². The van der Waals surface area contributed by atoms with Gasteiger partial charge in [0.15, 0.2) is 0 Å². The zero-order valence-corrected chi connectivity index (χ0v) is 14.2. The smallest absolute Gasteiger partial charge is 0.251 e. The Kier molecular flexibility index (Phi) is 5.65. The molecule has 3 aromatic rings. The number of carbonyl (C=O) groups excluding carboxylic acids is 1. The fourth-order valence-corrected chi connectivity index (χ4v) is 2.35. The van der Waals surface area contributed by atoms with Crippen molar-refractivity contribution in [1.29, 1.82) is 0 Å². The molecular weight excluding hydrogens is 336 g/mol. The topological polar surface area (TPSA) is 51.2 Å². The Hall–Kier alpha value is -2.85. The van der Waals surface area contributed by atoms with Gasteiger partial charge in [-0.3, -0.25) is 9.78 Å². The highest BCUT2D eigenvalue weighted by molar-refractivity contribution is 6.30. The summed E-state index contributed by atoms with van der Waals surface area (Å²) in [5.74, 6) is 0.623. The van der Waals surface area contributed by atoms with Gasteiger partial charge in [0.2, 0.25) is 0 Å². The van der Waals surface area contributed by atoms with Gasteiger partial charge in [-0.05, 0) is 54.1 Å². The molecule has 0 aliphatic heterocycles. The van der Waals surface area contributed by atoms with Gasteiger partial charge in [-0.1, -0.05) is 29.8 Å². The number of amides is 1. The second-order valence-electron chi connectivity index (χ2n) is 5.44. The molecule has 1 N–H and O–H groups in total. The molecule has 0 aliphatic rings. The van der Waals surface area contributed by atoms with E-state index in [4.69, 9.17) is 16.3 Å². The molecule has 0 spiro atoms. The quantitative estimate of drug-likeness (QED) is 0.721. The predicted molar refractivity (Wildman–Crippen MR) is 97.6 cm³/mol. The summed E-state index contributed by atoms with van der Waals surface area (Å²) < 4.78 is 5.69. The lowest BCUT2D eigenvalue weighted by molar-refractivity contribution is 0.0950. The molecule has 4 nitrogen and oxygen atoms in total. The van der Waals surface area contributed by atoms with Gasteiger partial charge >= 0.3 is 0 Å². The summed E-state index contributed by atoms with van der Waals surface area (Å²) in [6.07, 6.45) is 1.71. The molecule has 1 aromatic heterocycles. The lowest BCUT2D eigenvalue weighted by atomic mass is 10.1. The Morgan fingerprint density at radius 1 is 1.00 bits per heavy atom. The number of rotatable bonds is 6. The summed E-state index contributed by atoms with van der Waals surface area (Å²) in [7, 11) is 0. The Morgan fingerprint density at radius 3 is 2.44 bits per heavy atom. The minimum atomic E-state index is -0.129. The van der Waals surface area contributed by atoms with Crippen molar-refractivity contribution in [2.24, 2.45) is 0 Å². The number of nitrogens with one attached hydrogen (secondary N) is 1. The molecule has 1 amide bonds. The number of pyridine rings is 1. The van der Waals surface area contributed by atoms with Crippen LogP contribution in [0, 0.1) is 0 Å². The van der Waals surface area contributed by atoms with Crippen LogP contribution in [0.2, 0.25) is 5.02 Å². The average Bonchev–Trinajstić information content (AvgIpc) is 2.67. The van der Waals surface area contributed by atoms with Gasteiger partial charge in [-0.15, -0.1) is 0 Å². The zero-order valence-electron chi connectivity index (χ0n) is 13.5. The van der Waals surface area contributed by atoms with Gasteiger partial charge in [0.1, 0.15) is 12.4 Å². The van der Waals surface area contributed by atoms with E-state index >= 15 is 0 Å². The van der Waals surface area contributed by atoms with E-state index in [1.165, 1.54) is 0 Å². The molecule has 0 saturated heterocycles. The zero-order chi connectivity index (χ0) is 17.5. The molecule has 5 heteroatoms. The van der Waals surface area contributed by atoms with E-state index in [1.54, 1.807) is 30.5 Å². The minimum Gasteiger partial charge on any atom is -0.489 e. The van der Waals surface area contributed by atoms with Crippen LogP contribution in [0.5, 0.6) is 5.75 Å². The molecule has 1 heterocycles. The third-order valence-electron chi connectivity index (χ3n) is 3.59. The lowest BCUT2D eigenvalue weighted by Gasteiger charge is -2.08. The first kappa shape index (κ1) is 17.0. The standard InChI is InChI=1S/C20H17ClN2O2/c21-17-8-10-19(11-9-17)25-14-15-4-6-16(7-5-15)20(24)23-13-18-3-1-2-12-22-18/h1-12H,13-14H2,(H,23,24). The van der Waals surface area contributed by atoms with Crippen molar-refractivity contribution < 1.29 is 9.53 Å². The first-order valence-electron chi connectivity index (χ1n) is 7.86. The highest BCUT2D eigenvalue weighted by atomic mass is 35.5. The number of hydrogen-bond acceptors (Lipinski definition) is 3.